The molecule has 0 nitrogen and oxygen atoms in total. The van der Waals surface area contributed by atoms with Crippen molar-refractivity contribution in [2.24, 2.45) is 0 Å². The zero-order valence-electron chi connectivity index (χ0n) is 11.0. The Kier molecular flexibility index (Phi) is 3.13. The Morgan fingerprint density at radius 1 is 0.800 bits per heavy atom. The largest absolute Gasteiger partial charge is 0.204 e. The lowest BCUT2D eigenvalue weighted by Gasteiger charge is -2.07. The molecular formula is C17H13F3. The predicted molar refractivity (Wildman–Crippen MR) is 75.3 cm³/mol. The molecule has 3 aromatic rings. The summed E-state index contributed by atoms with van der Waals surface area (Å²) in [4.78, 5) is 0. The standard InChI is InChI=1S/C17H13F3/c1-2-3-10-4-5-11-8-14-13(7-12(11)6-10)9-15(18)17(20)16(14)19/h4-9H,2-3H2,1H3. The van der Waals surface area contributed by atoms with E-state index in [4.69, 9.17) is 0 Å². The fourth-order valence-corrected chi connectivity index (χ4v) is 2.54. The lowest BCUT2D eigenvalue weighted by molar-refractivity contribution is 0.453. The van der Waals surface area contributed by atoms with Crippen molar-refractivity contribution in [1.29, 1.82) is 0 Å². The molecule has 0 amide bonds. The minimum absolute atomic E-state index is 0.111. The van der Waals surface area contributed by atoms with Crippen LogP contribution in [0.25, 0.3) is 21.5 Å². The number of halogens is 3. The molecule has 102 valence electrons. The van der Waals surface area contributed by atoms with Gasteiger partial charge in [-0.2, -0.15) is 0 Å². The summed E-state index contributed by atoms with van der Waals surface area (Å²) in [5, 5.41) is 2.22. The highest BCUT2D eigenvalue weighted by atomic mass is 19.2. The van der Waals surface area contributed by atoms with Gasteiger partial charge in [-0.3, -0.25) is 0 Å². The Balaban J connectivity index is 2.31. The molecule has 0 aliphatic heterocycles. The van der Waals surface area contributed by atoms with E-state index in [-0.39, 0.29) is 5.39 Å². The SMILES string of the molecule is CCCc1ccc2cc3c(F)c(F)c(F)cc3cc2c1. The molecule has 0 saturated carbocycles. The molecule has 0 atom stereocenters. The monoisotopic (exact) mass is 274 g/mol. The first-order valence-electron chi connectivity index (χ1n) is 6.60. The second-order valence-electron chi connectivity index (χ2n) is 4.99. The van der Waals surface area contributed by atoms with Crippen molar-refractivity contribution in [3.05, 3.63) is 59.4 Å². The fraction of sp³-hybridized carbons (Fsp3) is 0.176. The van der Waals surface area contributed by atoms with Gasteiger partial charge < -0.3 is 0 Å². The maximum absolute atomic E-state index is 13.8. The number of rotatable bonds is 2. The topological polar surface area (TPSA) is 0 Å². The van der Waals surface area contributed by atoms with Gasteiger partial charge in [-0.05, 0) is 46.3 Å². The summed E-state index contributed by atoms with van der Waals surface area (Å²) in [6.07, 6.45) is 1.99. The van der Waals surface area contributed by atoms with Crippen LogP contribution < -0.4 is 0 Å². The zero-order valence-corrected chi connectivity index (χ0v) is 11.0. The Morgan fingerprint density at radius 2 is 1.60 bits per heavy atom. The van der Waals surface area contributed by atoms with E-state index in [1.807, 2.05) is 18.2 Å². The van der Waals surface area contributed by atoms with Gasteiger partial charge in [0.1, 0.15) is 0 Å². The second kappa shape index (κ2) is 4.82. The maximum Gasteiger partial charge on any atom is 0.195 e. The highest BCUT2D eigenvalue weighted by molar-refractivity contribution is 5.98. The van der Waals surface area contributed by atoms with Gasteiger partial charge in [-0.1, -0.05) is 31.5 Å². The summed E-state index contributed by atoms with van der Waals surface area (Å²) in [5.41, 5.74) is 1.18. The van der Waals surface area contributed by atoms with E-state index in [0.29, 0.717) is 5.39 Å². The third-order valence-corrected chi connectivity index (χ3v) is 3.53. The molecule has 0 heterocycles. The molecule has 0 aliphatic carbocycles. The van der Waals surface area contributed by atoms with Crippen LogP contribution in [0.4, 0.5) is 13.2 Å². The predicted octanol–water partition coefficient (Wildman–Crippen LogP) is 5.36. The minimum atomic E-state index is -1.42. The molecule has 0 N–H and O–H groups in total. The van der Waals surface area contributed by atoms with Gasteiger partial charge in [0.15, 0.2) is 17.5 Å². The Bertz CT molecular complexity index is 806. The van der Waals surface area contributed by atoms with Crippen LogP contribution in [0.2, 0.25) is 0 Å². The third-order valence-electron chi connectivity index (χ3n) is 3.53. The summed E-state index contributed by atoms with van der Waals surface area (Å²) >= 11 is 0. The smallest absolute Gasteiger partial charge is 0.195 e. The summed E-state index contributed by atoms with van der Waals surface area (Å²) in [7, 11) is 0. The van der Waals surface area contributed by atoms with E-state index in [1.54, 1.807) is 12.1 Å². The highest BCUT2D eigenvalue weighted by Gasteiger charge is 2.14. The molecule has 0 spiro atoms. The van der Waals surface area contributed by atoms with Gasteiger partial charge in [-0.15, -0.1) is 0 Å². The first-order valence-corrected chi connectivity index (χ1v) is 6.60. The van der Waals surface area contributed by atoms with Gasteiger partial charge in [0, 0.05) is 5.39 Å². The molecule has 3 rings (SSSR count). The quantitative estimate of drug-likeness (QED) is 0.435. The number of hydrogen-bond donors (Lipinski definition) is 0. The van der Waals surface area contributed by atoms with Crippen molar-refractivity contribution >= 4 is 21.5 Å². The molecule has 3 aromatic carbocycles. The summed E-state index contributed by atoms with van der Waals surface area (Å²) in [6, 6.07) is 10.2. The van der Waals surface area contributed by atoms with Crippen molar-refractivity contribution in [3.63, 3.8) is 0 Å². The number of benzene rings is 3. The highest BCUT2D eigenvalue weighted by Crippen LogP contribution is 2.28. The van der Waals surface area contributed by atoms with Crippen LogP contribution in [-0.4, -0.2) is 0 Å². The van der Waals surface area contributed by atoms with Gasteiger partial charge in [0.25, 0.3) is 0 Å². The Hall–Kier alpha value is -2.03. The first-order chi connectivity index (χ1) is 9.60. The second-order valence-corrected chi connectivity index (χ2v) is 4.99. The van der Waals surface area contributed by atoms with Crippen LogP contribution >= 0.6 is 0 Å². The lowest BCUT2D eigenvalue weighted by atomic mass is 10.00. The van der Waals surface area contributed by atoms with Gasteiger partial charge >= 0.3 is 0 Å². The van der Waals surface area contributed by atoms with Gasteiger partial charge in [-0.25, -0.2) is 13.2 Å². The molecule has 3 heteroatoms. The molecule has 0 aliphatic rings. The van der Waals surface area contributed by atoms with Crippen LogP contribution in [0.1, 0.15) is 18.9 Å². The van der Waals surface area contributed by atoms with Crippen molar-refractivity contribution < 1.29 is 13.2 Å². The molecule has 0 radical (unpaired) electrons. The minimum Gasteiger partial charge on any atom is -0.204 e. The molecule has 0 unspecified atom stereocenters. The molecule has 0 bridgehead atoms. The van der Waals surface area contributed by atoms with E-state index in [0.717, 1.165) is 29.7 Å². The van der Waals surface area contributed by atoms with E-state index < -0.39 is 17.5 Å². The number of aryl methyl sites for hydroxylation is 1. The molecule has 0 aromatic heterocycles. The van der Waals surface area contributed by atoms with Crippen molar-refractivity contribution in [1.82, 2.24) is 0 Å². The van der Waals surface area contributed by atoms with E-state index >= 15 is 0 Å². The van der Waals surface area contributed by atoms with Gasteiger partial charge in [0.05, 0.1) is 0 Å². The third kappa shape index (κ3) is 2.03. The number of hydrogen-bond acceptors (Lipinski definition) is 0. The average molecular weight is 274 g/mol. The van der Waals surface area contributed by atoms with E-state index in [9.17, 15) is 13.2 Å². The molecule has 0 saturated heterocycles. The molecule has 20 heavy (non-hydrogen) atoms. The molecular weight excluding hydrogens is 261 g/mol. The van der Waals surface area contributed by atoms with Crippen LogP contribution in [0.3, 0.4) is 0 Å². The van der Waals surface area contributed by atoms with Crippen molar-refractivity contribution in [2.45, 2.75) is 19.8 Å². The van der Waals surface area contributed by atoms with E-state index in [1.165, 1.54) is 5.56 Å². The lowest BCUT2D eigenvalue weighted by Crippen LogP contribution is -1.92. The van der Waals surface area contributed by atoms with Crippen LogP contribution in [0.15, 0.2) is 36.4 Å². The van der Waals surface area contributed by atoms with Crippen molar-refractivity contribution in [3.8, 4) is 0 Å². The first kappa shape index (κ1) is 13.0. The van der Waals surface area contributed by atoms with Gasteiger partial charge in [0.2, 0.25) is 0 Å². The fourth-order valence-electron chi connectivity index (χ4n) is 2.54. The van der Waals surface area contributed by atoms with Crippen LogP contribution in [-0.2, 0) is 6.42 Å². The summed E-state index contributed by atoms with van der Waals surface area (Å²) in [5.74, 6) is -3.70. The van der Waals surface area contributed by atoms with Crippen molar-refractivity contribution in [2.75, 3.05) is 0 Å². The Morgan fingerprint density at radius 3 is 2.35 bits per heavy atom. The van der Waals surface area contributed by atoms with Crippen LogP contribution in [0, 0.1) is 17.5 Å². The average Bonchev–Trinajstić information content (AvgIpc) is 2.44. The van der Waals surface area contributed by atoms with E-state index in [2.05, 4.69) is 6.92 Å². The Labute approximate surface area is 114 Å². The summed E-state index contributed by atoms with van der Waals surface area (Å²) < 4.78 is 40.3. The maximum atomic E-state index is 13.8. The number of fused-ring (bicyclic) bond motifs is 2. The zero-order chi connectivity index (χ0) is 14.3. The molecule has 0 fully saturated rings. The summed E-state index contributed by atoms with van der Waals surface area (Å²) in [6.45, 7) is 2.10. The normalized spacial score (nSPS) is 11.4. The van der Waals surface area contributed by atoms with Crippen LogP contribution in [0.5, 0.6) is 0 Å².